The summed E-state index contributed by atoms with van der Waals surface area (Å²) in [7, 11) is 0. The molecule has 2 aromatic heterocycles. The molecule has 0 atom stereocenters. The predicted octanol–water partition coefficient (Wildman–Crippen LogP) is -0.480. The van der Waals surface area contributed by atoms with Gasteiger partial charge in [-0.2, -0.15) is 0 Å². The summed E-state index contributed by atoms with van der Waals surface area (Å²) < 4.78 is 0. The summed E-state index contributed by atoms with van der Waals surface area (Å²) in [5, 5.41) is 0. The van der Waals surface area contributed by atoms with E-state index in [1.165, 1.54) is 24.7 Å². The lowest BCUT2D eigenvalue weighted by atomic mass is 10.4. The quantitative estimate of drug-likeness (QED) is 0.635. The van der Waals surface area contributed by atoms with E-state index in [4.69, 9.17) is 0 Å². The monoisotopic (exact) mass is 190 g/mol. The van der Waals surface area contributed by atoms with Crippen molar-refractivity contribution in [3.8, 4) is 11.5 Å². The summed E-state index contributed by atoms with van der Waals surface area (Å²) in [6, 6.07) is 2.55. The fraction of sp³-hybridized carbons (Fsp3) is 0. The highest BCUT2D eigenvalue weighted by atomic mass is 16.1. The molecule has 0 bridgehead atoms. The number of aromatic amines is 2. The minimum atomic E-state index is -0.290. The zero-order valence-electron chi connectivity index (χ0n) is 7.02. The van der Waals surface area contributed by atoms with Crippen LogP contribution >= 0.6 is 0 Å². The molecule has 0 aliphatic heterocycles. The number of aromatic nitrogens is 4. The Bertz CT molecular complexity index is 506. The molecule has 0 aliphatic carbocycles. The van der Waals surface area contributed by atoms with Crippen LogP contribution in [0.2, 0.25) is 0 Å². The van der Waals surface area contributed by atoms with Crippen molar-refractivity contribution in [1.82, 2.24) is 19.9 Å². The Labute approximate surface area is 77.7 Å². The summed E-state index contributed by atoms with van der Waals surface area (Å²) in [5.74, 6) is 0.281. The van der Waals surface area contributed by atoms with Gasteiger partial charge in [0, 0.05) is 18.3 Å². The molecule has 2 N–H and O–H groups in total. The van der Waals surface area contributed by atoms with Gasteiger partial charge in [0.1, 0.15) is 5.69 Å². The van der Waals surface area contributed by atoms with Crippen molar-refractivity contribution < 1.29 is 0 Å². The largest absolute Gasteiger partial charge is 0.313 e. The summed E-state index contributed by atoms with van der Waals surface area (Å²) in [4.78, 5) is 34.5. The zero-order valence-corrected chi connectivity index (χ0v) is 7.02. The molecule has 0 saturated heterocycles. The van der Waals surface area contributed by atoms with Gasteiger partial charge in [0.05, 0.1) is 6.33 Å². The van der Waals surface area contributed by atoms with Crippen LogP contribution in [-0.2, 0) is 0 Å². The normalized spacial score (nSPS) is 10.0. The van der Waals surface area contributed by atoms with Gasteiger partial charge in [-0.1, -0.05) is 0 Å². The molecule has 0 spiro atoms. The second kappa shape index (κ2) is 3.25. The Morgan fingerprint density at radius 1 is 1.14 bits per heavy atom. The first-order valence-corrected chi connectivity index (χ1v) is 3.86. The molecular weight excluding hydrogens is 184 g/mol. The highest BCUT2D eigenvalue weighted by Crippen LogP contribution is 2.03. The minimum Gasteiger partial charge on any atom is -0.313 e. The molecule has 0 unspecified atom stereocenters. The Morgan fingerprint density at radius 2 is 2.00 bits per heavy atom. The van der Waals surface area contributed by atoms with Crippen LogP contribution in [0.15, 0.2) is 34.2 Å². The van der Waals surface area contributed by atoms with Crippen molar-refractivity contribution >= 4 is 0 Å². The van der Waals surface area contributed by atoms with E-state index in [1.54, 1.807) is 0 Å². The molecule has 2 rings (SSSR count). The fourth-order valence-electron chi connectivity index (χ4n) is 0.998. The van der Waals surface area contributed by atoms with E-state index in [9.17, 15) is 9.59 Å². The molecule has 6 nitrogen and oxygen atoms in total. The fourth-order valence-corrected chi connectivity index (χ4v) is 0.998. The van der Waals surface area contributed by atoms with Gasteiger partial charge in [0.15, 0.2) is 5.82 Å². The van der Waals surface area contributed by atoms with E-state index in [0.29, 0.717) is 5.69 Å². The molecule has 2 heterocycles. The third-order valence-corrected chi connectivity index (χ3v) is 1.59. The van der Waals surface area contributed by atoms with Crippen LogP contribution in [0.4, 0.5) is 0 Å². The lowest BCUT2D eigenvalue weighted by Crippen LogP contribution is -2.10. The topological polar surface area (TPSA) is 91.5 Å². The predicted molar refractivity (Wildman–Crippen MR) is 48.7 cm³/mol. The first-order chi connectivity index (χ1) is 6.75. The molecule has 0 saturated carbocycles. The highest BCUT2D eigenvalue weighted by Gasteiger charge is 2.00. The number of H-pyrrole nitrogens is 2. The molecule has 0 aliphatic rings. The van der Waals surface area contributed by atoms with Gasteiger partial charge in [-0.05, 0) is 0 Å². The number of hydrogen-bond donors (Lipinski definition) is 2. The van der Waals surface area contributed by atoms with Gasteiger partial charge < -0.3 is 9.97 Å². The molecule has 2 aromatic rings. The van der Waals surface area contributed by atoms with E-state index in [-0.39, 0.29) is 16.9 Å². The molecule has 0 fully saturated rings. The van der Waals surface area contributed by atoms with Crippen LogP contribution < -0.4 is 11.1 Å². The Balaban J connectivity index is 2.60. The number of nitrogens with one attached hydrogen (secondary N) is 2. The van der Waals surface area contributed by atoms with Crippen LogP contribution in [0.25, 0.3) is 11.5 Å². The summed E-state index contributed by atoms with van der Waals surface area (Å²) in [6.07, 6.45) is 2.61. The standard InChI is InChI=1S/C8H6N4O2/c13-6-1-2-9-8(12-6)5-3-7(14)11-4-10-5/h1-4H,(H,9,12,13)(H,10,11,14). The van der Waals surface area contributed by atoms with Gasteiger partial charge in [0.25, 0.3) is 11.1 Å². The van der Waals surface area contributed by atoms with Crippen molar-refractivity contribution in [1.29, 1.82) is 0 Å². The van der Waals surface area contributed by atoms with Gasteiger partial charge >= 0.3 is 0 Å². The van der Waals surface area contributed by atoms with Crippen LogP contribution in [0.3, 0.4) is 0 Å². The molecule has 14 heavy (non-hydrogen) atoms. The highest BCUT2D eigenvalue weighted by molar-refractivity contribution is 5.46. The van der Waals surface area contributed by atoms with Gasteiger partial charge in [-0.3, -0.25) is 9.59 Å². The maximum atomic E-state index is 10.9. The molecular formula is C8H6N4O2. The second-order valence-electron chi connectivity index (χ2n) is 2.58. The molecule has 6 heteroatoms. The van der Waals surface area contributed by atoms with Crippen molar-refractivity contribution in [2.75, 3.05) is 0 Å². The zero-order chi connectivity index (χ0) is 9.97. The van der Waals surface area contributed by atoms with E-state index in [1.807, 2.05) is 0 Å². The van der Waals surface area contributed by atoms with E-state index < -0.39 is 0 Å². The first kappa shape index (κ1) is 8.36. The van der Waals surface area contributed by atoms with Crippen LogP contribution in [-0.4, -0.2) is 19.9 Å². The van der Waals surface area contributed by atoms with Crippen LogP contribution in [0.5, 0.6) is 0 Å². The molecule has 0 amide bonds. The Morgan fingerprint density at radius 3 is 2.71 bits per heavy atom. The average Bonchev–Trinajstić information content (AvgIpc) is 2.18. The first-order valence-electron chi connectivity index (χ1n) is 3.86. The third kappa shape index (κ3) is 1.58. The van der Waals surface area contributed by atoms with Crippen molar-refractivity contribution in [2.24, 2.45) is 0 Å². The Hall–Kier alpha value is -2.24. The SMILES string of the molecule is O=c1cc(-c2nccc(=O)[nH]2)nc[nH]1. The molecule has 0 radical (unpaired) electrons. The van der Waals surface area contributed by atoms with E-state index >= 15 is 0 Å². The maximum absolute atomic E-state index is 10.9. The van der Waals surface area contributed by atoms with E-state index in [2.05, 4.69) is 19.9 Å². The lowest BCUT2D eigenvalue weighted by molar-refractivity contribution is 1.06. The number of hydrogen-bond acceptors (Lipinski definition) is 4. The summed E-state index contributed by atoms with van der Waals surface area (Å²) in [6.45, 7) is 0. The summed E-state index contributed by atoms with van der Waals surface area (Å²) in [5.41, 5.74) is -0.231. The lowest BCUT2D eigenvalue weighted by Gasteiger charge is -1.96. The maximum Gasteiger partial charge on any atom is 0.251 e. The Kier molecular flexibility index (Phi) is 1.94. The minimum absolute atomic E-state index is 0.280. The number of rotatable bonds is 1. The smallest absolute Gasteiger partial charge is 0.251 e. The van der Waals surface area contributed by atoms with Gasteiger partial charge in [-0.25, -0.2) is 9.97 Å². The van der Waals surface area contributed by atoms with Crippen molar-refractivity contribution in [3.05, 3.63) is 45.4 Å². The molecule has 0 aromatic carbocycles. The third-order valence-electron chi connectivity index (χ3n) is 1.59. The second-order valence-corrected chi connectivity index (χ2v) is 2.58. The average molecular weight is 190 g/mol. The van der Waals surface area contributed by atoms with Crippen molar-refractivity contribution in [3.63, 3.8) is 0 Å². The van der Waals surface area contributed by atoms with Gasteiger partial charge in [0.2, 0.25) is 0 Å². The van der Waals surface area contributed by atoms with Crippen molar-refractivity contribution in [2.45, 2.75) is 0 Å². The molecule has 70 valence electrons. The van der Waals surface area contributed by atoms with Crippen LogP contribution in [0, 0.1) is 0 Å². The summed E-state index contributed by atoms with van der Waals surface area (Å²) >= 11 is 0. The number of nitrogens with zero attached hydrogens (tertiary/aromatic N) is 2. The van der Waals surface area contributed by atoms with Gasteiger partial charge in [-0.15, -0.1) is 0 Å². The van der Waals surface area contributed by atoms with Crippen LogP contribution in [0.1, 0.15) is 0 Å². The van der Waals surface area contributed by atoms with E-state index in [0.717, 1.165) is 0 Å².